The maximum absolute atomic E-state index is 11.5. The highest BCUT2D eigenvalue weighted by molar-refractivity contribution is 7.90. The maximum Gasteiger partial charge on any atom is 0.238 e. The molecule has 5 nitrogen and oxygen atoms in total. The zero-order valence-corrected chi connectivity index (χ0v) is 13.2. The van der Waals surface area contributed by atoms with Crippen LogP contribution in [0.3, 0.4) is 0 Å². The number of hydrogen-bond donors (Lipinski definition) is 0. The first-order chi connectivity index (χ1) is 11.0. The lowest BCUT2D eigenvalue weighted by atomic mass is 10.2. The monoisotopic (exact) mass is 326 g/mol. The molecule has 0 fully saturated rings. The number of aromatic nitrogens is 2. The third-order valence-corrected chi connectivity index (χ3v) is 4.28. The summed E-state index contributed by atoms with van der Waals surface area (Å²) in [4.78, 5) is 8.79. The fraction of sp³-hybridized carbons (Fsp3) is 0.0588. The highest BCUT2D eigenvalue weighted by Gasteiger charge is 2.08. The summed E-state index contributed by atoms with van der Waals surface area (Å²) in [6, 6.07) is 15.8. The first-order valence-electron chi connectivity index (χ1n) is 6.88. The molecule has 0 saturated carbocycles. The lowest BCUT2D eigenvalue weighted by Gasteiger charge is -2.06. The van der Waals surface area contributed by atoms with Crippen molar-refractivity contribution in [3.05, 3.63) is 67.0 Å². The van der Waals surface area contributed by atoms with Crippen LogP contribution in [-0.4, -0.2) is 24.6 Å². The summed E-state index contributed by atoms with van der Waals surface area (Å²) in [6.07, 6.45) is 4.31. The van der Waals surface area contributed by atoms with E-state index in [0.717, 1.165) is 5.56 Å². The molecule has 1 heterocycles. The van der Waals surface area contributed by atoms with Crippen molar-refractivity contribution in [3.8, 4) is 22.9 Å². The normalized spacial score (nSPS) is 11.2. The molecule has 2 aromatic carbocycles. The zero-order chi connectivity index (χ0) is 16.3. The van der Waals surface area contributed by atoms with Gasteiger partial charge in [-0.05, 0) is 24.3 Å². The summed E-state index contributed by atoms with van der Waals surface area (Å²) in [6.45, 7) is 0. The molecular formula is C17H14N2O3S. The van der Waals surface area contributed by atoms with Gasteiger partial charge in [-0.1, -0.05) is 30.3 Å². The van der Waals surface area contributed by atoms with E-state index >= 15 is 0 Å². The van der Waals surface area contributed by atoms with E-state index in [4.69, 9.17) is 4.74 Å². The number of ether oxygens (including phenoxy) is 1. The van der Waals surface area contributed by atoms with Gasteiger partial charge in [0.2, 0.25) is 5.88 Å². The van der Waals surface area contributed by atoms with Crippen molar-refractivity contribution in [1.82, 2.24) is 9.97 Å². The SMILES string of the molecule is CS(=O)(=O)c1ccc(-c2cncc(Oc3ccccc3)n2)cc1. The maximum atomic E-state index is 11.5. The predicted octanol–water partition coefficient (Wildman–Crippen LogP) is 3.34. The van der Waals surface area contributed by atoms with Crippen molar-refractivity contribution in [2.24, 2.45) is 0 Å². The fourth-order valence-corrected chi connectivity index (χ4v) is 2.65. The molecule has 0 aliphatic rings. The van der Waals surface area contributed by atoms with Crippen LogP contribution < -0.4 is 4.74 Å². The summed E-state index contributed by atoms with van der Waals surface area (Å²) in [5, 5.41) is 0. The molecule has 0 spiro atoms. The third-order valence-electron chi connectivity index (χ3n) is 3.16. The van der Waals surface area contributed by atoms with Crippen LogP contribution in [0, 0.1) is 0 Å². The highest BCUT2D eigenvalue weighted by atomic mass is 32.2. The summed E-state index contributed by atoms with van der Waals surface area (Å²) in [7, 11) is -3.21. The standard InChI is InChI=1S/C17H14N2O3S/c1-23(20,21)15-9-7-13(8-10-15)16-11-18-12-17(19-16)22-14-5-3-2-4-6-14/h2-12H,1H3. The molecule has 3 rings (SSSR count). The van der Waals surface area contributed by atoms with E-state index in [2.05, 4.69) is 9.97 Å². The van der Waals surface area contributed by atoms with Crippen molar-refractivity contribution in [2.75, 3.05) is 6.26 Å². The van der Waals surface area contributed by atoms with Gasteiger partial charge in [-0.25, -0.2) is 13.4 Å². The molecule has 0 aliphatic heterocycles. The van der Waals surface area contributed by atoms with E-state index in [0.29, 0.717) is 17.3 Å². The molecule has 23 heavy (non-hydrogen) atoms. The van der Waals surface area contributed by atoms with Gasteiger partial charge in [-0.3, -0.25) is 4.98 Å². The van der Waals surface area contributed by atoms with Crippen LogP contribution in [-0.2, 0) is 9.84 Å². The van der Waals surface area contributed by atoms with Crippen molar-refractivity contribution in [2.45, 2.75) is 4.90 Å². The number of benzene rings is 2. The molecule has 0 aliphatic carbocycles. The van der Waals surface area contributed by atoms with Crippen molar-refractivity contribution < 1.29 is 13.2 Å². The lowest BCUT2D eigenvalue weighted by Crippen LogP contribution is -1.97. The molecule has 6 heteroatoms. The smallest absolute Gasteiger partial charge is 0.238 e. The van der Waals surface area contributed by atoms with Gasteiger partial charge in [-0.2, -0.15) is 0 Å². The van der Waals surface area contributed by atoms with Gasteiger partial charge in [0.05, 0.1) is 23.0 Å². The van der Waals surface area contributed by atoms with Crippen molar-refractivity contribution >= 4 is 9.84 Å². The van der Waals surface area contributed by atoms with Crippen molar-refractivity contribution in [3.63, 3.8) is 0 Å². The van der Waals surface area contributed by atoms with E-state index < -0.39 is 9.84 Å². The second-order valence-electron chi connectivity index (χ2n) is 4.95. The second-order valence-corrected chi connectivity index (χ2v) is 6.97. The summed E-state index contributed by atoms with van der Waals surface area (Å²) >= 11 is 0. The van der Waals surface area contributed by atoms with Crippen LogP contribution in [0.2, 0.25) is 0 Å². The quantitative estimate of drug-likeness (QED) is 0.735. The Morgan fingerprint density at radius 1 is 0.913 bits per heavy atom. The van der Waals surface area contributed by atoms with E-state index in [9.17, 15) is 8.42 Å². The molecule has 0 radical (unpaired) electrons. The third kappa shape index (κ3) is 3.73. The first kappa shape index (κ1) is 15.2. The van der Waals surface area contributed by atoms with E-state index in [1.807, 2.05) is 30.3 Å². The Kier molecular flexibility index (Phi) is 4.08. The molecule has 0 N–H and O–H groups in total. The molecule has 0 saturated heterocycles. The molecular weight excluding hydrogens is 312 g/mol. The van der Waals surface area contributed by atoms with Crippen LogP contribution in [0.1, 0.15) is 0 Å². The summed E-state index contributed by atoms with van der Waals surface area (Å²) < 4.78 is 28.6. The molecule has 0 atom stereocenters. The lowest BCUT2D eigenvalue weighted by molar-refractivity contribution is 0.461. The van der Waals surface area contributed by atoms with Gasteiger partial charge in [0.25, 0.3) is 0 Å². The second kappa shape index (κ2) is 6.18. The van der Waals surface area contributed by atoms with E-state index in [1.54, 1.807) is 30.5 Å². The Morgan fingerprint density at radius 3 is 2.26 bits per heavy atom. The number of para-hydroxylation sites is 1. The van der Waals surface area contributed by atoms with Crippen LogP contribution >= 0.6 is 0 Å². The van der Waals surface area contributed by atoms with Crippen LogP contribution in [0.4, 0.5) is 0 Å². The molecule has 3 aromatic rings. The average Bonchev–Trinajstić information content (AvgIpc) is 2.55. The van der Waals surface area contributed by atoms with Crippen LogP contribution in [0.15, 0.2) is 71.9 Å². The molecule has 1 aromatic heterocycles. The fourth-order valence-electron chi connectivity index (χ4n) is 2.02. The molecule has 0 unspecified atom stereocenters. The van der Waals surface area contributed by atoms with Gasteiger partial charge in [0.15, 0.2) is 9.84 Å². The minimum absolute atomic E-state index is 0.269. The number of rotatable bonds is 4. The summed E-state index contributed by atoms with van der Waals surface area (Å²) in [5.41, 5.74) is 1.38. The van der Waals surface area contributed by atoms with Crippen LogP contribution in [0.25, 0.3) is 11.3 Å². The molecule has 0 amide bonds. The minimum atomic E-state index is -3.21. The van der Waals surface area contributed by atoms with Gasteiger partial charge < -0.3 is 4.74 Å². The first-order valence-corrected chi connectivity index (χ1v) is 8.77. The molecule has 0 bridgehead atoms. The minimum Gasteiger partial charge on any atom is -0.437 e. The van der Waals surface area contributed by atoms with Gasteiger partial charge in [-0.15, -0.1) is 0 Å². The molecule has 116 valence electrons. The Morgan fingerprint density at radius 2 is 1.61 bits per heavy atom. The highest BCUT2D eigenvalue weighted by Crippen LogP contribution is 2.23. The van der Waals surface area contributed by atoms with Gasteiger partial charge in [0.1, 0.15) is 5.75 Å². The Labute approximate surface area is 134 Å². The number of nitrogens with zero attached hydrogens (tertiary/aromatic N) is 2. The largest absolute Gasteiger partial charge is 0.437 e. The Balaban J connectivity index is 1.88. The van der Waals surface area contributed by atoms with E-state index in [1.165, 1.54) is 12.5 Å². The van der Waals surface area contributed by atoms with Gasteiger partial charge in [0, 0.05) is 11.8 Å². The van der Waals surface area contributed by atoms with Crippen LogP contribution in [0.5, 0.6) is 11.6 Å². The van der Waals surface area contributed by atoms with Crippen molar-refractivity contribution in [1.29, 1.82) is 0 Å². The number of sulfone groups is 1. The summed E-state index contributed by atoms with van der Waals surface area (Å²) in [5.74, 6) is 1.05. The number of hydrogen-bond acceptors (Lipinski definition) is 5. The predicted molar refractivity (Wildman–Crippen MR) is 87.1 cm³/mol. The zero-order valence-electron chi connectivity index (χ0n) is 12.4. The Hall–Kier alpha value is -2.73. The van der Waals surface area contributed by atoms with E-state index in [-0.39, 0.29) is 4.90 Å². The van der Waals surface area contributed by atoms with Gasteiger partial charge >= 0.3 is 0 Å². The Bertz CT molecular complexity index is 908. The average molecular weight is 326 g/mol. The topological polar surface area (TPSA) is 69.2 Å².